The Kier molecular flexibility index (Phi) is 13.4. The van der Waals surface area contributed by atoms with E-state index in [0.717, 1.165) is 34.8 Å². The van der Waals surface area contributed by atoms with Crippen molar-refractivity contribution in [2.75, 3.05) is 69.9 Å². The van der Waals surface area contributed by atoms with Gasteiger partial charge in [0, 0.05) is 48.1 Å². The topological polar surface area (TPSA) is 213 Å². The Morgan fingerprint density at radius 2 is 1.46 bits per heavy atom. The van der Waals surface area contributed by atoms with Crippen LogP contribution in [0.5, 0.6) is 0 Å². The van der Waals surface area contributed by atoms with Crippen molar-refractivity contribution < 1.29 is 43.0 Å². The van der Waals surface area contributed by atoms with Gasteiger partial charge in [-0.05, 0) is 93.4 Å². The monoisotopic (exact) mass is 808 g/mol. The second kappa shape index (κ2) is 19.2. The van der Waals surface area contributed by atoms with E-state index in [4.69, 9.17) is 19.2 Å². The van der Waals surface area contributed by atoms with E-state index >= 15 is 0 Å². The molecule has 3 aromatic carbocycles. The highest BCUT2D eigenvalue weighted by atomic mass is 16.5. The van der Waals surface area contributed by atoms with Gasteiger partial charge in [-0.2, -0.15) is 0 Å². The Hall–Kier alpha value is -6.01. The Morgan fingerprint density at radius 3 is 2.17 bits per heavy atom. The Labute approximate surface area is 340 Å². The smallest absolute Gasteiger partial charge is 0.262 e. The molecule has 6 amide bonds. The number of piperidine rings is 1. The van der Waals surface area contributed by atoms with Crippen LogP contribution in [0.15, 0.2) is 60.7 Å². The third kappa shape index (κ3) is 10.2. The fraction of sp³-hybridized carbons (Fsp3) is 0.405. The molecule has 0 saturated carbocycles. The molecule has 2 fully saturated rings. The number of ether oxygens (including phenoxy) is 3. The highest BCUT2D eigenvalue weighted by molar-refractivity contribution is 6.23. The number of H-pyrrole nitrogens is 1. The van der Waals surface area contributed by atoms with Crippen LogP contribution in [-0.2, 0) is 30.3 Å². The Balaban J connectivity index is 0.715. The number of anilines is 2. The molecule has 4 aromatic rings. The molecular formula is C42H48N8O9. The van der Waals surface area contributed by atoms with Gasteiger partial charge >= 0.3 is 0 Å². The number of rotatable bonds is 19. The zero-order valence-corrected chi connectivity index (χ0v) is 32.8. The van der Waals surface area contributed by atoms with E-state index in [-0.39, 0.29) is 35.8 Å². The number of hydrogen-bond donors (Lipinski definition) is 5. The SMILES string of the molecule is C[C@H]1CCCN1Cc1nc2cc(NC(=O)c3ccc(C(=O)NCCOCCOCCOCCNc4ccc5c(c4)C(=O)N(C4CCC(=O)NC4=O)C5=O)cc3)ccc2[nH]1. The van der Waals surface area contributed by atoms with Gasteiger partial charge in [-0.25, -0.2) is 4.98 Å². The molecule has 2 atom stereocenters. The van der Waals surface area contributed by atoms with E-state index in [0.29, 0.717) is 81.3 Å². The summed E-state index contributed by atoms with van der Waals surface area (Å²) in [5.41, 5.74) is 4.25. The maximum atomic E-state index is 13.0. The Bertz CT molecular complexity index is 2210. The molecule has 1 aromatic heterocycles. The normalized spacial score (nSPS) is 18.0. The van der Waals surface area contributed by atoms with Crippen LogP contribution in [0.2, 0.25) is 0 Å². The van der Waals surface area contributed by atoms with Gasteiger partial charge < -0.3 is 35.1 Å². The molecule has 17 nitrogen and oxygen atoms in total. The second-order valence-electron chi connectivity index (χ2n) is 14.6. The lowest BCUT2D eigenvalue weighted by Crippen LogP contribution is -2.54. The molecule has 0 radical (unpaired) electrons. The molecule has 1 unspecified atom stereocenters. The number of nitrogens with zero attached hydrogens (tertiary/aromatic N) is 3. The minimum atomic E-state index is -1.01. The number of aromatic nitrogens is 2. The number of likely N-dealkylation sites (tertiary alicyclic amines) is 1. The number of aromatic amines is 1. The summed E-state index contributed by atoms with van der Waals surface area (Å²) in [6, 6.07) is 16.4. The van der Waals surface area contributed by atoms with Crippen molar-refractivity contribution in [3.05, 3.63) is 88.7 Å². The van der Waals surface area contributed by atoms with Gasteiger partial charge in [0.25, 0.3) is 23.6 Å². The van der Waals surface area contributed by atoms with Crippen LogP contribution in [-0.4, -0.2) is 127 Å². The van der Waals surface area contributed by atoms with E-state index in [1.54, 1.807) is 42.5 Å². The molecule has 3 aliphatic heterocycles. The number of imide groups is 2. The van der Waals surface area contributed by atoms with Crippen molar-refractivity contribution in [1.82, 2.24) is 30.4 Å². The van der Waals surface area contributed by atoms with Crippen LogP contribution in [0.1, 0.15) is 79.9 Å². The maximum absolute atomic E-state index is 13.0. The van der Waals surface area contributed by atoms with E-state index in [2.05, 4.69) is 38.1 Å². The maximum Gasteiger partial charge on any atom is 0.262 e. The number of fused-ring (bicyclic) bond motifs is 2. The fourth-order valence-corrected chi connectivity index (χ4v) is 7.34. The lowest BCUT2D eigenvalue weighted by atomic mass is 10.0. The number of carbonyl (C=O) groups excluding carboxylic acids is 6. The lowest BCUT2D eigenvalue weighted by Gasteiger charge is -2.27. The van der Waals surface area contributed by atoms with Crippen LogP contribution in [0.3, 0.4) is 0 Å². The molecule has 0 bridgehead atoms. The average molecular weight is 809 g/mol. The largest absolute Gasteiger partial charge is 0.383 e. The Morgan fingerprint density at radius 1 is 0.780 bits per heavy atom. The molecule has 7 rings (SSSR count). The van der Waals surface area contributed by atoms with Crippen molar-refractivity contribution in [3.8, 4) is 0 Å². The predicted molar refractivity (Wildman–Crippen MR) is 216 cm³/mol. The number of imidazole rings is 1. The van der Waals surface area contributed by atoms with Crippen molar-refractivity contribution in [2.45, 2.75) is 51.2 Å². The molecule has 0 aliphatic carbocycles. The molecule has 310 valence electrons. The van der Waals surface area contributed by atoms with Crippen LogP contribution in [0, 0.1) is 0 Å². The van der Waals surface area contributed by atoms with Gasteiger partial charge in [0.15, 0.2) is 0 Å². The van der Waals surface area contributed by atoms with Gasteiger partial charge in [-0.15, -0.1) is 0 Å². The molecule has 17 heteroatoms. The van der Waals surface area contributed by atoms with E-state index in [1.165, 1.54) is 12.8 Å². The molecule has 5 N–H and O–H groups in total. The summed E-state index contributed by atoms with van der Waals surface area (Å²) in [6.45, 7) is 6.91. The number of benzene rings is 3. The third-order valence-electron chi connectivity index (χ3n) is 10.5. The summed E-state index contributed by atoms with van der Waals surface area (Å²) < 4.78 is 16.7. The number of carbonyl (C=O) groups is 6. The molecule has 4 heterocycles. The number of hydrogen-bond acceptors (Lipinski definition) is 12. The van der Waals surface area contributed by atoms with Gasteiger partial charge in [-0.1, -0.05) is 0 Å². The number of amides is 6. The van der Waals surface area contributed by atoms with Crippen molar-refractivity contribution >= 4 is 57.9 Å². The van der Waals surface area contributed by atoms with Gasteiger partial charge in [-0.3, -0.25) is 43.9 Å². The van der Waals surface area contributed by atoms with Crippen LogP contribution >= 0.6 is 0 Å². The number of nitrogens with one attached hydrogen (secondary N) is 5. The van der Waals surface area contributed by atoms with E-state index in [9.17, 15) is 28.8 Å². The first kappa shape index (κ1) is 41.2. The first-order valence-electron chi connectivity index (χ1n) is 19.9. The first-order valence-corrected chi connectivity index (χ1v) is 19.9. The molecule has 59 heavy (non-hydrogen) atoms. The standard InChI is InChI=1S/C42H48N8O9/c1-26-3-2-16-49(26)25-36-46-33-11-9-30(24-34(33)47-36)45-39(53)28-6-4-27(5-7-28)38(52)44-15-18-58-20-22-59-21-19-57-17-14-43-29-8-10-31-32(23-29)42(56)50(41(31)55)35-12-13-37(51)48-40(35)54/h4-11,23-24,26,35,43H,2-3,12-22,25H2,1H3,(H,44,52)(H,45,53)(H,46,47)(H,48,51,54)/t26-,35?/m0/s1. The molecule has 3 aliphatic rings. The van der Waals surface area contributed by atoms with Crippen molar-refractivity contribution in [2.24, 2.45) is 0 Å². The summed E-state index contributed by atoms with van der Waals surface area (Å²) >= 11 is 0. The summed E-state index contributed by atoms with van der Waals surface area (Å²) in [5, 5.41) is 11.1. The fourth-order valence-electron chi connectivity index (χ4n) is 7.34. The predicted octanol–water partition coefficient (Wildman–Crippen LogP) is 3.09. The second-order valence-corrected chi connectivity index (χ2v) is 14.6. The molecule has 2 saturated heterocycles. The van der Waals surface area contributed by atoms with E-state index < -0.39 is 29.7 Å². The van der Waals surface area contributed by atoms with Gasteiger partial charge in [0.05, 0.1) is 68.3 Å². The zero-order valence-electron chi connectivity index (χ0n) is 32.8. The van der Waals surface area contributed by atoms with Gasteiger partial charge in [0.1, 0.15) is 11.9 Å². The lowest BCUT2D eigenvalue weighted by molar-refractivity contribution is -0.136. The average Bonchev–Trinajstić information content (AvgIpc) is 3.90. The van der Waals surface area contributed by atoms with Gasteiger partial charge in [0.2, 0.25) is 11.8 Å². The molecular weight excluding hydrogens is 761 g/mol. The third-order valence-corrected chi connectivity index (χ3v) is 10.5. The van der Waals surface area contributed by atoms with Crippen LogP contribution < -0.4 is 21.3 Å². The summed E-state index contributed by atoms with van der Waals surface area (Å²) in [6.07, 6.45) is 2.57. The first-order chi connectivity index (χ1) is 28.6. The van der Waals surface area contributed by atoms with E-state index in [1.807, 2.05) is 18.2 Å². The summed E-state index contributed by atoms with van der Waals surface area (Å²) in [7, 11) is 0. The zero-order chi connectivity index (χ0) is 41.3. The highest BCUT2D eigenvalue weighted by Crippen LogP contribution is 2.29. The minimum absolute atomic E-state index is 0.0619. The summed E-state index contributed by atoms with van der Waals surface area (Å²) in [5.74, 6) is -1.83. The highest BCUT2D eigenvalue weighted by Gasteiger charge is 2.44. The summed E-state index contributed by atoms with van der Waals surface area (Å²) in [4.78, 5) is 86.6. The van der Waals surface area contributed by atoms with Crippen LogP contribution in [0.4, 0.5) is 11.4 Å². The van der Waals surface area contributed by atoms with Crippen molar-refractivity contribution in [1.29, 1.82) is 0 Å². The molecule has 0 spiro atoms. The minimum Gasteiger partial charge on any atom is -0.383 e. The van der Waals surface area contributed by atoms with Crippen LogP contribution in [0.25, 0.3) is 11.0 Å². The quantitative estimate of drug-likeness (QED) is 0.0683. The van der Waals surface area contributed by atoms with Crippen molar-refractivity contribution in [3.63, 3.8) is 0 Å².